The number of carbonyl (C=O) groups is 1. The first kappa shape index (κ1) is 17.2. The largest absolute Gasteiger partial charge is 0.481 e. The van der Waals surface area contributed by atoms with E-state index in [1.807, 2.05) is 24.3 Å². The number of halogens is 1. The lowest BCUT2D eigenvalue weighted by molar-refractivity contribution is -0.142. The number of carboxylic acid groups (broad SMARTS) is 1. The van der Waals surface area contributed by atoms with Gasteiger partial charge in [-0.15, -0.1) is 0 Å². The zero-order valence-electron chi connectivity index (χ0n) is 12.1. The molecule has 4 heteroatoms. The van der Waals surface area contributed by atoms with E-state index in [0.29, 0.717) is 32.0 Å². The van der Waals surface area contributed by atoms with E-state index in [1.54, 1.807) is 0 Å². The Morgan fingerprint density at radius 2 is 2.00 bits per heavy atom. The standard InChI is InChI=1S/C16H23BrO3/c1-12(2)6-8-20-9-7-14(16(18)19)10-13-4-3-5-15(17)11-13/h3-5,11-12,14H,6-10H2,1-2H3,(H,18,19). The van der Waals surface area contributed by atoms with Gasteiger partial charge in [0.15, 0.2) is 0 Å². The topological polar surface area (TPSA) is 46.5 Å². The molecule has 0 radical (unpaired) electrons. The lowest BCUT2D eigenvalue weighted by Gasteiger charge is -2.13. The molecule has 0 saturated carbocycles. The van der Waals surface area contributed by atoms with E-state index in [2.05, 4.69) is 29.8 Å². The van der Waals surface area contributed by atoms with Gasteiger partial charge in [0.05, 0.1) is 5.92 Å². The van der Waals surface area contributed by atoms with Gasteiger partial charge in [-0.25, -0.2) is 0 Å². The third-order valence-corrected chi connectivity index (χ3v) is 3.66. The number of rotatable bonds is 9. The fourth-order valence-corrected chi connectivity index (χ4v) is 2.35. The molecule has 0 aliphatic carbocycles. The maximum absolute atomic E-state index is 11.3. The van der Waals surface area contributed by atoms with Crippen molar-refractivity contribution in [3.8, 4) is 0 Å². The molecule has 3 nitrogen and oxygen atoms in total. The second-order valence-corrected chi connectivity index (χ2v) is 6.37. The van der Waals surface area contributed by atoms with E-state index in [-0.39, 0.29) is 5.92 Å². The van der Waals surface area contributed by atoms with Crippen molar-refractivity contribution in [2.75, 3.05) is 13.2 Å². The highest BCUT2D eigenvalue weighted by Crippen LogP contribution is 2.17. The minimum absolute atomic E-state index is 0.386. The molecule has 0 bridgehead atoms. The monoisotopic (exact) mass is 342 g/mol. The van der Waals surface area contributed by atoms with Gasteiger partial charge < -0.3 is 9.84 Å². The van der Waals surface area contributed by atoms with Crippen molar-refractivity contribution in [1.82, 2.24) is 0 Å². The van der Waals surface area contributed by atoms with Crippen LogP contribution in [0.15, 0.2) is 28.7 Å². The van der Waals surface area contributed by atoms with Crippen LogP contribution in [0.25, 0.3) is 0 Å². The Morgan fingerprint density at radius 1 is 1.30 bits per heavy atom. The Hall–Kier alpha value is -0.870. The van der Waals surface area contributed by atoms with Gasteiger partial charge in [0, 0.05) is 17.7 Å². The Labute approximate surface area is 129 Å². The van der Waals surface area contributed by atoms with Gasteiger partial charge in [-0.2, -0.15) is 0 Å². The molecule has 20 heavy (non-hydrogen) atoms. The van der Waals surface area contributed by atoms with E-state index in [9.17, 15) is 9.90 Å². The van der Waals surface area contributed by atoms with E-state index in [4.69, 9.17) is 4.74 Å². The van der Waals surface area contributed by atoms with Crippen molar-refractivity contribution >= 4 is 21.9 Å². The zero-order chi connectivity index (χ0) is 15.0. The molecule has 0 saturated heterocycles. The van der Waals surface area contributed by atoms with Gasteiger partial charge in [-0.1, -0.05) is 41.9 Å². The molecule has 1 aromatic rings. The first-order valence-corrected chi connectivity index (χ1v) is 7.83. The van der Waals surface area contributed by atoms with Gasteiger partial charge in [0.25, 0.3) is 0 Å². The van der Waals surface area contributed by atoms with E-state index >= 15 is 0 Å². The van der Waals surface area contributed by atoms with Crippen LogP contribution >= 0.6 is 15.9 Å². The van der Waals surface area contributed by atoms with Crippen LogP contribution in [0.5, 0.6) is 0 Å². The summed E-state index contributed by atoms with van der Waals surface area (Å²) in [5.41, 5.74) is 1.04. The first-order valence-electron chi connectivity index (χ1n) is 7.04. The highest BCUT2D eigenvalue weighted by atomic mass is 79.9. The predicted molar refractivity (Wildman–Crippen MR) is 83.9 cm³/mol. The summed E-state index contributed by atoms with van der Waals surface area (Å²) < 4.78 is 6.49. The minimum atomic E-state index is -0.752. The lowest BCUT2D eigenvalue weighted by Crippen LogP contribution is -2.19. The lowest BCUT2D eigenvalue weighted by atomic mass is 9.97. The molecule has 1 aromatic carbocycles. The quantitative estimate of drug-likeness (QED) is 0.686. The third-order valence-electron chi connectivity index (χ3n) is 3.17. The summed E-state index contributed by atoms with van der Waals surface area (Å²) in [5.74, 6) is -0.521. The molecular formula is C16H23BrO3. The maximum Gasteiger partial charge on any atom is 0.306 e. The maximum atomic E-state index is 11.3. The van der Waals surface area contributed by atoms with Crippen LogP contribution in [-0.4, -0.2) is 24.3 Å². The van der Waals surface area contributed by atoms with Crippen LogP contribution in [0.1, 0.15) is 32.3 Å². The number of hydrogen-bond donors (Lipinski definition) is 1. The summed E-state index contributed by atoms with van der Waals surface area (Å²) in [6, 6.07) is 7.79. The first-order chi connectivity index (χ1) is 9.49. The highest BCUT2D eigenvalue weighted by Gasteiger charge is 2.17. The molecule has 0 aliphatic rings. The van der Waals surface area contributed by atoms with Crippen LogP contribution in [-0.2, 0) is 16.0 Å². The average Bonchev–Trinajstić information content (AvgIpc) is 2.36. The molecule has 0 fully saturated rings. The van der Waals surface area contributed by atoms with Crippen LogP contribution < -0.4 is 0 Å². The second-order valence-electron chi connectivity index (χ2n) is 5.45. The molecule has 0 heterocycles. The van der Waals surface area contributed by atoms with Crippen LogP contribution in [0.4, 0.5) is 0 Å². The van der Waals surface area contributed by atoms with Gasteiger partial charge in [-0.3, -0.25) is 4.79 Å². The molecule has 0 aromatic heterocycles. The van der Waals surface area contributed by atoms with Gasteiger partial charge in [0.1, 0.15) is 0 Å². The zero-order valence-corrected chi connectivity index (χ0v) is 13.7. The fourth-order valence-electron chi connectivity index (χ4n) is 1.91. The van der Waals surface area contributed by atoms with Gasteiger partial charge in [-0.05, 0) is 42.9 Å². The predicted octanol–water partition coefficient (Wildman–Crippen LogP) is 4.15. The highest BCUT2D eigenvalue weighted by molar-refractivity contribution is 9.10. The fraction of sp³-hybridized carbons (Fsp3) is 0.562. The number of benzene rings is 1. The number of hydrogen-bond acceptors (Lipinski definition) is 2. The summed E-state index contributed by atoms with van der Waals surface area (Å²) in [6.07, 6.45) is 2.12. The molecule has 0 spiro atoms. The Balaban J connectivity index is 2.39. The Kier molecular flexibility index (Phi) is 7.85. The molecule has 1 unspecified atom stereocenters. The Morgan fingerprint density at radius 3 is 2.60 bits per heavy atom. The SMILES string of the molecule is CC(C)CCOCCC(Cc1cccc(Br)c1)C(=O)O. The number of ether oxygens (including phenoxy) is 1. The van der Waals surface area contributed by atoms with Crippen molar-refractivity contribution in [2.24, 2.45) is 11.8 Å². The molecule has 1 rings (SSSR count). The summed E-state index contributed by atoms with van der Waals surface area (Å²) in [6.45, 7) is 5.52. The third kappa shape index (κ3) is 7.06. The van der Waals surface area contributed by atoms with Gasteiger partial charge >= 0.3 is 5.97 Å². The summed E-state index contributed by atoms with van der Waals surface area (Å²) in [4.78, 5) is 11.3. The van der Waals surface area contributed by atoms with E-state index < -0.39 is 5.97 Å². The van der Waals surface area contributed by atoms with Crippen molar-refractivity contribution < 1.29 is 14.6 Å². The smallest absolute Gasteiger partial charge is 0.306 e. The summed E-state index contributed by atoms with van der Waals surface area (Å²) >= 11 is 3.40. The van der Waals surface area contributed by atoms with Crippen LogP contribution in [0.2, 0.25) is 0 Å². The van der Waals surface area contributed by atoms with Gasteiger partial charge in [0.2, 0.25) is 0 Å². The molecule has 112 valence electrons. The van der Waals surface area contributed by atoms with Crippen molar-refractivity contribution in [3.05, 3.63) is 34.3 Å². The number of aliphatic carboxylic acids is 1. The van der Waals surface area contributed by atoms with Crippen molar-refractivity contribution in [1.29, 1.82) is 0 Å². The molecule has 0 amide bonds. The summed E-state index contributed by atoms with van der Waals surface area (Å²) in [5, 5.41) is 9.28. The molecule has 0 aliphatic heterocycles. The van der Waals surface area contributed by atoms with Crippen molar-refractivity contribution in [2.45, 2.75) is 33.1 Å². The Bertz CT molecular complexity index is 418. The average molecular weight is 343 g/mol. The van der Waals surface area contributed by atoms with Crippen LogP contribution in [0, 0.1) is 11.8 Å². The van der Waals surface area contributed by atoms with E-state index in [0.717, 1.165) is 16.5 Å². The van der Waals surface area contributed by atoms with Crippen molar-refractivity contribution in [3.63, 3.8) is 0 Å². The molecule has 1 atom stereocenters. The van der Waals surface area contributed by atoms with Crippen LogP contribution in [0.3, 0.4) is 0 Å². The molecular weight excluding hydrogens is 320 g/mol. The summed E-state index contributed by atoms with van der Waals surface area (Å²) in [7, 11) is 0. The normalized spacial score (nSPS) is 12.6. The molecule has 1 N–H and O–H groups in total. The number of carboxylic acids is 1. The minimum Gasteiger partial charge on any atom is -0.481 e. The van der Waals surface area contributed by atoms with E-state index in [1.165, 1.54) is 0 Å². The second kappa shape index (κ2) is 9.14.